The zero-order valence-corrected chi connectivity index (χ0v) is 29.6. The Balaban J connectivity index is 0.000000658. The number of aromatic hydroxyl groups is 1. The number of phenols is 1. The van der Waals surface area contributed by atoms with Gasteiger partial charge in [-0.05, 0) is 73.1 Å². The maximum Gasteiger partial charge on any atom is 0.319 e. The summed E-state index contributed by atoms with van der Waals surface area (Å²) in [4.78, 5) is 31.3. The molecule has 6 aliphatic rings. The van der Waals surface area contributed by atoms with Crippen molar-refractivity contribution in [3.05, 3.63) is 53.3 Å². The molecule has 4 N–H and O–H groups in total. The summed E-state index contributed by atoms with van der Waals surface area (Å²) >= 11 is 6.91. The monoisotopic (exact) mass is 735 g/mol. The highest BCUT2D eigenvalue weighted by molar-refractivity contribution is 6.35. The Kier molecular flexibility index (Phi) is 10.7. The molecular weight excluding hydrogens is 693 g/mol. The van der Waals surface area contributed by atoms with Gasteiger partial charge in [0.25, 0.3) is 12.9 Å². The zero-order chi connectivity index (χ0) is 36.5. The van der Waals surface area contributed by atoms with Crippen LogP contribution in [-0.2, 0) is 14.3 Å². The maximum atomic E-state index is 16.9. The van der Waals surface area contributed by atoms with E-state index in [-0.39, 0.29) is 46.7 Å². The third-order valence-corrected chi connectivity index (χ3v) is 11.3. The van der Waals surface area contributed by atoms with Crippen LogP contribution in [-0.4, -0.2) is 106 Å². The molecule has 0 radical (unpaired) electrons. The maximum absolute atomic E-state index is 16.9. The first-order chi connectivity index (χ1) is 25.2. The van der Waals surface area contributed by atoms with Crippen LogP contribution in [0.3, 0.4) is 0 Å². The second-order valence-electron chi connectivity index (χ2n) is 14.5. The number of piperazine rings is 1. The fourth-order valence-electron chi connectivity index (χ4n) is 9.04. The minimum absolute atomic E-state index is 0.0457. The second-order valence-corrected chi connectivity index (χ2v) is 14.9. The number of rotatable bonds is 7. The van der Waals surface area contributed by atoms with Crippen molar-refractivity contribution < 1.29 is 38.8 Å². The molecule has 0 spiro atoms. The van der Waals surface area contributed by atoms with E-state index in [4.69, 9.17) is 50.8 Å². The Labute approximate surface area is 305 Å². The van der Waals surface area contributed by atoms with Gasteiger partial charge in [-0.1, -0.05) is 42.8 Å². The van der Waals surface area contributed by atoms with Crippen molar-refractivity contribution in [3.63, 3.8) is 0 Å². The van der Waals surface area contributed by atoms with Crippen LogP contribution >= 0.6 is 11.6 Å². The molecule has 12 nitrogen and oxygen atoms in total. The minimum atomic E-state index is -0.542. The predicted octanol–water partition coefficient (Wildman–Crippen LogP) is 5.70. The van der Waals surface area contributed by atoms with Crippen LogP contribution in [0.1, 0.15) is 45.4 Å². The van der Waals surface area contributed by atoms with Gasteiger partial charge in [0.05, 0.1) is 23.8 Å². The molecule has 52 heavy (non-hydrogen) atoms. The molecule has 14 heteroatoms. The molecular formula is C38H43ClFN5O7. The van der Waals surface area contributed by atoms with Gasteiger partial charge in [-0.2, -0.15) is 9.97 Å². The number of fused-ring (bicyclic) bond motifs is 4. The summed E-state index contributed by atoms with van der Waals surface area (Å²) in [5.74, 6) is 0.411. The van der Waals surface area contributed by atoms with Gasteiger partial charge in [-0.15, -0.1) is 0 Å². The van der Waals surface area contributed by atoms with Gasteiger partial charge in [0.1, 0.15) is 17.1 Å². The predicted molar refractivity (Wildman–Crippen MR) is 195 cm³/mol. The Bertz CT molecular complexity index is 1910. The quantitative estimate of drug-likeness (QED) is 0.172. The number of benzene rings is 3. The van der Waals surface area contributed by atoms with Gasteiger partial charge in [0.15, 0.2) is 5.82 Å². The lowest BCUT2D eigenvalue weighted by atomic mass is 9.77. The van der Waals surface area contributed by atoms with Crippen molar-refractivity contribution in [1.82, 2.24) is 20.2 Å². The first-order valence-electron chi connectivity index (χ1n) is 17.8. The average Bonchev–Trinajstić information content (AvgIpc) is 3.45. The lowest BCUT2D eigenvalue weighted by molar-refractivity contribution is -0.184. The molecule has 6 aliphatic heterocycles. The van der Waals surface area contributed by atoms with E-state index >= 15 is 4.39 Å². The van der Waals surface area contributed by atoms with Crippen molar-refractivity contribution in [2.75, 3.05) is 31.1 Å². The summed E-state index contributed by atoms with van der Waals surface area (Å²) in [6, 6.07) is 14.7. The minimum Gasteiger partial charge on any atom is -0.508 e. The number of aromatic nitrogens is 2. The third-order valence-electron chi connectivity index (χ3n) is 11.0. The Morgan fingerprint density at radius 1 is 1.00 bits per heavy atom. The fraction of sp³-hybridized carbons (Fsp3) is 0.474. The van der Waals surface area contributed by atoms with Crippen molar-refractivity contribution in [1.29, 1.82) is 0 Å². The number of halogens is 2. The SMILES string of the molecule is C[C@@H](COc1nc(N2C[C@H]3CC[C@@H](C2)N3)c2cc(Cl)c(-c3cc(O)cc4ccccc34)c(F)c2n1)CN1C2CC3CC1CC(C2)O3.O=CO.O=CO. The average molecular weight is 736 g/mol. The highest BCUT2D eigenvalue weighted by atomic mass is 35.5. The molecule has 6 bridgehead atoms. The number of anilines is 1. The van der Waals surface area contributed by atoms with Crippen molar-refractivity contribution in [3.8, 4) is 22.9 Å². The molecule has 3 atom stereocenters. The summed E-state index contributed by atoms with van der Waals surface area (Å²) < 4.78 is 29.4. The van der Waals surface area contributed by atoms with Gasteiger partial charge in [0.2, 0.25) is 0 Å². The second kappa shape index (κ2) is 15.4. The van der Waals surface area contributed by atoms with Crippen LogP contribution in [0.15, 0.2) is 42.5 Å². The van der Waals surface area contributed by atoms with E-state index < -0.39 is 5.82 Å². The summed E-state index contributed by atoms with van der Waals surface area (Å²) in [7, 11) is 0. The molecule has 0 saturated carbocycles. The zero-order valence-electron chi connectivity index (χ0n) is 28.8. The van der Waals surface area contributed by atoms with Gasteiger partial charge >= 0.3 is 6.01 Å². The van der Waals surface area contributed by atoms with E-state index in [2.05, 4.69) is 22.0 Å². The van der Waals surface area contributed by atoms with Crippen molar-refractivity contribution in [2.45, 2.75) is 81.8 Å². The lowest BCUT2D eigenvalue weighted by Crippen LogP contribution is -2.63. The van der Waals surface area contributed by atoms with Crippen molar-refractivity contribution in [2.24, 2.45) is 5.92 Å². The summed E-state index contributed by atoms with van der Waals surface area (Å²) in [6.45, 7) is 4.66. The first-order valence-corrected chi connectivity index (χ1v) is 18.2. The molecule has 0 aliphatic carbocycles. The Morgan fingerprint density at radius 3 is 2.29 bits per heavy atom. The number of hydrogen-bond acceptors (Lipinski definition) is 10. The first kappa shape index (κ1) is 36.1. The topological polar surface area (TPSA) is 158 Å². The normalized spacial score (nSPS) is 26.3. The highest BCUT2D eigenvalue weighted by Crippen LogP contribution is 2.44. The molecule has 1 aromatic heterocycles. The summed E-state index contributed by atoms with van der Waals surface area (Å²) in [5, 5.41) is 30.4. The van der Waals surface area contributed by atoms with Crippen LogP contribution < -0.4 is 15.0 Å². The van der Waals surface area contributed by atoms with Gasteiger partial charge in [-0.25, -0.2) is 4.39 Å². The molecule has 3 aromatic carbocycles. The fourth-order valence-corrected chi connectivity index (χ4v) is 9.34. The van der Waals surface area contributed by atoms with Gasteiger partial charge in [0, 0.05) is 60.7 Å². The number of hydrogen-bond donors (Lipinski definition) is 4. The molecule has 4 aromatic rings. The Morgan fingerprint density at radius 2 is 1.63 bits per heavy atom. The molecule has 0 amide bonds. The van der Waals surface area contributed by atoms with Gasteiger partial charge in [-0.3, -0.25) is 14.5 Å². The highest BCUT2D eigenvalue weighted by Gasteiger charge is 2.47. The summed E-state index contributed by atoms with van der Waals surface area (Å²) in [5.41, 5.74) is 0.908. The number of nitrogens with one attached hydrogen (secondary N) is 1. The number of carboxylic acid groups (broad SMARTS) is 2. The number of piperidine rings is 2. The molecule has 0 unspecified atom stereocenters. The van der Waals surface area contributed by atoms with Crippen molar-refractivity contribution >= 4 is 52.0 Å². The van der Waals surface area contributed by atoms with Gasteiger partial charge < -0.3 is 35.0 Å². The van der Waals surface area contributed by atoms with Crippen LogP contribution in [0.5, 0.6) is 11.8 Å². The summed E-state index contributed by atoms with van der Waals surface area (Å²) in [6.07, 6.45) is 7.60. The number of nitrogens with zero attached hydrogens (tertiary/aromatic N) is 4. The number of ether oxygens (including phenoxy) is 2. The lowest BCUT2D eigenvalue weighted by Gasteiger charge is -2.56. The standard InChI is InChI=1S/C36H39ClFN5O3.2CH2O2/c1-19(15-43-23-9-26-11-24(43)12-27(10-23)46-26)18-45-36-40-34-30(35(41-36)42-16-21-6-7-22(17-42)39-21)14-31(37)32(33(34)38)29-13-25(44)8-20-4-2-3-5-28(20)29;2*2-1-3/h2-5,8,13-14,19,21-24,26-27,39,44H,6-7,9-12,15-18H2,1H3;2*1H,(H,2,3)/t19-,21-,22+,23?,24?,26?,27?;;/m1../s1. The van der Waals surface area contributed by atoms with E-state index in [0.29, 0.717) is 59.7 Å². The number of phenolic OH excluding ortho intramolecular Hbond substituents is 1. The molecule has 6 saturated heterocycles. The van der Waals surface area contributed by atoms with E-state index in [0.717, 1.165) is 68.9 Å². The number of carbonyl (C=O) groups is 2. The van der Waals surface area contributed by atoms with Crippen LogP contribution in [0, 0.1) is 11.7 Å². The van der Waals surface area contributed by atoms with E-state index in [1.807, 2.05) is 24.3 Å². The van der Waals surface area contributed by atoms with Crippen LogP contribution in [0.2, 0.25) is 5.02 Å². The molecule has 10 rings (SSSR count). The third kappa shape index (κ3) is 7.19. The largest absolute Gasteiger partial charge is 0.508 e. The molecule has 276 valence electrons. The smallest absolute Gasteiger partial charge is 0.319 e. The van der Waals surface area contributed by atoms with E-state index in [1.165, 1.54) is 0 Å². The molecule has 6 fully saturated rings. The molecule has 7 heterocycles. The Hall–Kier alpha value is -4.30. The van der Waals surface area contributed by atoms with E-state index in [9.17, 15) is 5.11 Å². The van der Waals surface area contributed by atoms with Crippen LogP contribution in [0.25, 0.3) is 32.8 Å². The van der Waals surface area contributed by atoms with Crippen LogP contribution in [0.4, 0.5) is 10.2 Å². The van der Waals surface area contributed by atoms with E-state index in [1.54, 1.807) is 18.2 Å².